The second-order valence-electron chi connectivity index (χ2n) is 8.46. The summed E-state index contributed by atoms with van der Waals surface area (Å²) >= 11 is 5.52. The molecule has 1 aromatic rings. The van der Waals surface area contributed by atoms with E-state index in [4.69, 9.17) is 22.1 Å². The smallest absolute Gasteiger partial charge is 0.410 e. The lowest BCUT2D eigenvalue weighted by atomic mass is 9.84. The predicted octanol–water partition coefficient (Wildman–Crippen LogP) is 2.65. The van der Waals surface area contributed by atoms with Crippen LogP contribution in [0.15, 0.2) is 29.2 Å². The average Bonchev–Trinajstić information content (AvgIpc) is 3.03. The van der Waals surface area contributed by atoms with Gasteiger partial charge in [0.15, 0.2) is 5.11 Å². The Kier molecular flexibility index (Phi) is 5.91. The third-order valence-corrected chi connectivity index (χ3v) is 7.68. The number of hydrogen-bond donors (Lipinski definition) is 2. The fourth-order valence-electron chi connectivity index (χ4n) is 4.70. The predicted molar refractivity (Wildman–Crippen MR) is 118 cm³/mol. The highest BCUT2D eigenvalue weighted by molar-refractivity contribution is 7.89. The number of anilines is 1. The maximum Gasteiger partial charge on any atom is 0.410 e. The van der Waals surface area contributed by atoms with E-state index in [0.29, 0.717) is 10.8 Å². The van der Waals surface area contributed by atoms with E-state index < -0.39 is 10.0 Å². The van der Waals surface area contributed by atoms with Crippen molar-refractivity contribution < 1.29 is 17.9 Å². The number of nitrogens with zero attached hydrogens (tertiary/aromatic N) is 2. The summed E-state index contributed by atoms with van der Waals surface area (Å²) in [5, 5.41) is 8.86. The van der Waals surface area contributed by atoms with Gasteiger partial charge >= 0.3 is 6.09 Å². The monoisotopic (exact) mass is 452 g/mol. The van der Waals surface area contributed by atoms with E-state index in [9.17, 15) is 13.2 Å². The molecule has 1 amide bonds. The standard InChI is InChI=1S/C20H28N4O4S2/c21-30(26,27)17-6-4-15(5-7-17)22-18(29)23-12-8-16(9-13-23)24-14-20(28-19(24)25)10-2-1-3-11-20/h4-7,16H,1-3,8-14H2,(H,22,29)(H2,21,26,27). The number of carbonyl (C=O) groups is 1. The maximum atomic E-state index is 12.5. The molecule has 164 valence electrons. The van der Waals surface area contributed by atoms with E-state index in [0.717, 1.165) is 58.2 Å². The Morgan fingerprint density at radius 2 is 1.77 bits per heavy atom. The number of carbonyl (C=O) groups excluding carboxylic acids is 1. The molecule has 3 aliphatic rings. The zero-order valence-electron chi connectivity index (χ0n) is 16.9. The fraction of sp³-hybridized carbons (Fsp3) is 0.600. The van der Waals surface area contributed by atoms with Gasteiger partial charge in [-0.25, -0.2) is 18.4 Å². The minimum absolute atomic E-state index is 0.0630. The molecule has 0 bridgehead atoms. The second-order valence-corrected chi connectivity index (χ2v) is 10.4. The SMILES string of the molecule is NS(=O)(=O)c1ccc(NC(=S)N2CCC(N3CC4(CCCCC4)OC3=O)CC2)cc1. The first-order valence-electron chi connectivity index (χ1n) is 10.4. The van der Waals surface area contributed by atoms with Crippen LogP contribution in [-0.4, -0.2) is 60.7 Å². The molecule has 10 heteroatoms. The summed E-state index contributed by atoms with van der Waals surface area (Å²) in [6, 6.07) is 6.37. The molecule has 1 saturated carbocycles. The average molecular weight is 453 g/mol. The number of amides is 1. The lowest BCUT2D eigenvalue weighted by Crippen LogP contribution is -2.49. The first-order chi connectivity index (χ1) is 14.3. The highest BCUT2D eigenvalue weighted by Gasteiger charge is 2.48. The Bertz CT molecular complexity index is 905. The van der Waals surface area contributed by atoms with Crippen LogP contribution < -0.4 is 10.5 Å². The third-order valence-electron chi connectivity index (χ3n) is 6.39. The van der Waals surface area contributed by atoms with Crippen molar-refractivity contribution >= 4 is 39.1 Å². The number of rotatable bonds is 3. The van der Waals surface area contributed by atoms with Crippen LogP contribution in [0.3, 0.4) is 0 Å². The van der Waals surface area contributed by atoms with Gasteiger partial charge in [-0.05, 0) is 75.0 Å². The van der Waals surface area contributed by atoms with Gasteiger partial charge < -0.3 is 19.9 Å². The summed E-state index contributed by atoms with van der Waals surface area (Å²) < 4.78 is 28.6. The molecule has 3 fully saturated rings. The highest BCUT2D eigenvalue weighted by atomic mass is 32.2. The number of nitrogens with two attached hydrogens (primary N) is 1. The van der Waals surface area contributed by atoms with Gasteiger partial charge in [-0.2, -0.15) is 0 Å². The number of ether oxygens (including phenoxy) is 1. The van der Waals surface area contributed by atoms with Gasteiger partial charge in [-0.1, -0.05) is 6.42 Å². The highest BCUT2D eigenvalue weighted by Crippen LogP contribution is 2.38. The summed E-state index contributed by atoms with van der Waals surface area (Å²) in [4.78, 5) is 16.6. The fourth-order valence-corrected chi connectivity index (χ4v) is 5.51. The molecule has 0 aromatic heterocycles. The summed E-state index contributed by atoms with van der Waals surface area (Å²) in [5.41, 5.74) is 0.448. The Hall–Kier alpha value is -1.91. The van der Waals surface area contributed by atoms with Crippen molar-refractivity contribution in [3.05, 3.63) is 24.3 Å². The molecule has 3 N–H and O–H groups in total. The first kappa shape index (κ1) is 21.3. The van der Waals surface area contributed by atoms with Crippen LogP contribution in [0.2, 0.25) is 0 Å². The molecule has 2 heterocycles. The van der Waals surface area contributed by atoms with Crippen molar-refractivity contribution in [2.45, 2.75) is 61.5 Å². The van der Waals surface area contributed by atoms with Gasteiger partial charge in [0, 0.05) is 24.8 Å². The van der Waals surface area contributed by atoms with E-state index in [1.54, 1.807) is 12.1 Å². The molecule has 8 nitrogen and oxygen atoms in total. The van der Waals surface area contributed by atoms with Gasteiger partial charge in [0.2, 0.25) is 10.0 Å². The molecule has 2 saturated heterocycles. The molecule has 2 aliphatic heterocycles. The Labute approximate surface area is 182 Å². The van der Waals surface area contributed by atoms with Crippen molar-refractivity contribution in [1.29, 1.82) is 0 Å². The number of primary sulfonamides is 1. The lowest BCUT2D eigenvalue weighted by molar-refractivity contribution is 0.0259. The molecule has 1 spiro atoms. The molecule has 1 aliphatic carbocycles. The maximum absolute atomic E-state index is 12.5. The molecule has 0 atom stereocenters. The van der Waals surface area contributed by atoms with Crippen LogP contribution >= 0.6 is 12.2 Å². The van der Waals surface area contributed by atoms with E-state index in [1.807, 2.05) is 4.90 Å². The van der Waals surface area contributed by atoms with E-state index in [-0.39, 0.29) is 22.6 Å². The van der Waals surface area contributed by atoms with E-state index in [2.05, 4.69) is 10.2 Å². The van der Waals surface area contributed by atoms with E-state index in [1.165, 1.54) is 18.6 Å². The van der Waals surface area contributed by atoms with Crippen LogP contribution in [0, 0.1) is 0 Å². The van der Waals surface area contributed by atoms with Gasteiger partial charge in [0.25, 0.3) is 0 Å². The third kappa shape index (κ3) is 4.55. The zero-order chi connectivity index (χ0) is 21.4. The number of nitrogens with one attached hydrogen (secondary N) is 1. The molecule has 0 radical (unpaired) electrons. The van der Waals surface area contributed by atoms with Crippen molar-refractivity contribution in [3.63, 3.8) is 0 Å². The number of benzene rings is 1. The van der Waals surface area contributed by atoms with Crippen molar-refractivity contribution in [1.82, 2.24) is 9.80 Å². The first-order valence-corrected chi connectivity index (χ1v) is 12.4. The second kappa shape index (κ2) is 8.32. The number of thiocarbonyl (C=S) groups is 1. The molecule has 30 heavy (non-hydrogen) atoms. The van der Waals surface area contributed by atoms with Gasteiger partial charge in [0.05, 0.1) is 11.4 Å². The van der Waals surface area contributed by atoms with Crippen LogP contribution in [0.25, 0.3) is 0 Å². The quantitative estimate of drug-likeness (QED) is 0.679. The van der Waals surface area contributed by atoms with Crippen LogP contribution in [0.1, 0.15) is 44.9 Å². The van der Waals surface area contributed by atoms with Gasteiger partial charge in [-0.3, -0.25) is 0 Å². The molecular formula is C20H28N4O4S2. The Morgan fingerprint density at radius 3 is 2.37 bits per heavy atom. The van der Waals surface area contributed by atoms with Crippen LogP contribution in [0.4, 0.5) is 10.5 Å². The minimum Gasteiger partial charge on any atom is -0.441 e. The van der Waals surface area contributed by atoms with Crippen molar-refractivity contribution in [3.8, 4) is 0 Å². The zero-order valence-corrected chi connectivity index (χ0v) is 18.5. The molecule has 0 unspecified atom stereocenters. The lowest BCUT2D eigenvalue weighted by Gasteiger charge is -2.37. The summed E-state index contributed by atoms with van der Waals surface area (Å²) in [5.74, 6) is 0. The topological polar surface area (TPSA) is 105 Å². The number of piperidine rings is 1. The van der Waals surface area contributed by atoms with Crippen molar-refractivity contribution in [2.24, 2.45) is 5.14 Å². The molecule has 1 aromatic carbocycles. The van der Waals surface area contributed by atoms with Gasteiger partial charge in [-0.15, -0.1) is 0 Å². The Morgan fingerprint density at radius 1 is 1.13 bits per heavy atom. The summed E-state index contributed by atoms with van der Waals surface area (Å²) in [6.07, 6.45) is 6.99. The van der Waals surface area contributed by atoms with Crippen LogP contribution in [0.5, 0.6) is 0 Å². The summed E-state index contributed by atoms with van der Waals surface area (Å²) in [7, 11) is -3.71. The van der Waals surface area contributed by atoms with Crippen molar-refractivity contribution in [2.75, 3.05) is 25.0 Å². The number of hydrogen-bond acceptors (Lipinski definition) is 5. The number of sulfonamides is 1. The normalized spacial score (nSPS) is 22.2. The van der Waals surface area contributed by atoms with Crippen LogP contribution in [-0.2, 0) is 14.8 Å². The largest absolute Gasteiger partial charge is 0.441 e. The molecule has 4 rings (SSSR count). The minimum atomic E-state index is -3.71. The van der Waals surface area contributed by atoms with Gasteiger partial charge in [0.1, 0.15) is 5.60 Å². The van der Waals surface area contributed by atoms with E-state index >= 15 is 0 Å². The number of likely N-dealkylation sites (tertiary alicyclic amines) is 1. The summed E-state index contributed by atoms with van der Waals surface area (Å²) in [6.45, 7) is 2.22. The Balaban J connectivity index is 1.30. The molecular weight excluding hydrogens is 424 g/mol.